The van der Waals surface area contributed by atoms with E-state index in [-0.39, 0.29) is 18.4 Å². The van der Waals surface area contributed by atoms with E-state index in [1.54, 1.807) is 29.4 Å². The number of likely N-dealkylation sites (tertiary alicyclic amines) is 1. The summed E-state index contributed by atoms with van der Waals surface area (Å²) in [6.07, 6.45) is 2.51. The lowest BCUT2D eigenvalue weighted by Gasteiger charge is -2.33. The number of carbonyl (C=O) groups is 1. The van der Waals surface area contributed by atoms with Crippen molar-refractivity contribution in [1.29, 1.82) is 0 Å². The van der Waals surface area contributed by atoms with Crippen molar-refractivity contribution >= 4 is 5.91 Å². The molecule has 0 bridgehead atoms. The molecule has 2 atom stereocenters. The summed E-state index contributed by atoms with van der Waals surface area (Å²) >= 11 is 0. The largest absolute Gasteiger partial charge is 0.490 e. The zero-order valence-electron chi connectivity index (χ0n) is 12.6. The maximum Gasteiger partial charge on any atom is 0.255 e. The van der Waals surface area contributed by atoms with Gasteiger partial charge in [-0.2, -0.15) is 0 Å². The molecule has 1 aromatic rings. The van der Waals surface area contributed by atoms with Gasteiger partial charge < -0.3 is 9.64 Å². The first-order chi connectivity index (χ1) is 11.1. The van der Waals surface area contributed by atoms with Gasteiger partial charge >= 0.3 is 0 Å². The fraction of sp³-hybridized carbons (Fsp3) is 0.600. The van der Waals surface area contributed by atoms with Gasteiger partial charge in [0.25, 0.3) is 6.43 Å². The monoisotopic (exact) mass is 326 g/mol. The highest BCUT2D eigenvalue weighted by molar-refractivity contribution is 5.82. The van der Waals surface area contributed by atoms with E-state index in [1.165, 1.54) is 0 Å². The average Bonchev–Trinajstić information content (AvgIpc) is 3.06. The predicted molar refractivity (Wildman–Crippen MR) is 78.9 cm³/mol. The molecule has 2 saturated heterocycles. The van der Waals surface area contributed by atoms with Gasteiger partial charge in [-0.1, -0.05) is 0 Å². The van der Waals surface area contributed by atoms with Crippen LogP contribution >= 0.6 is 0 Å². The standard InChI is InChI=1S/C15H20F2N4O2/c16-14(17)12-9-13(20-19-12)15(22)21-7-3-11(4-8-21)23-10-1-5-18-6-2-10/h1-2,5-6,11-14,19-20H,3-4,7-9H2. The smallest absolute Gasteiger partial charge is 0.255 e. The van der Waals surface area contributed by atoms with Crippen molar-refractivity contribution in [3.8, 4) is 5.75 Å². The average molecular weight is 326 g/mol. The normalized spacial score (nSPS) is 25.8. The second kappa shape index (κ2) is 7.18. The topological polar surface area (TPSA) is 66.5 Å². The van der Waals surface area contributed by atoms with Crippen molar-refractivity contribution in [2.24, 2.45) is 0 Å². The molecule has 2 aliphatic rings. The molecule has 2 N–H and O–H groups in total. The summed E-state index contributed by atoms with van der Waals surface area (Å²) in [5.74, 6) is 0.647. The third-order valence-electron chi connectivity index (χ3n) is 4.24. The number of rotatable bonds is 4. The number of amides is 1. The molecule has 3 heterocycles. The van der Waals surface area contributed by atoms with Crippen LogP contribution < -0.4 is 15.6 Å². The van der Waals surface area contributed by atoms with Crippen LogP contribution in [0, 0.1) is 0 Å². The number of alkyl halides is 2. The Labute approximate surface area is 133 Å². The minimum absolute atomic E-state index is 0.0601. The van der Waals surface area contributed by atoms with E-state index in [0.717, 1.165) is 18.6 Å². The lowest BCUT2D eigenvalue weighted by molar-refractivity contribution is -0.135. The molecule has 23 heavy (non-hydrogen) atoms. The molecule has 2 unspecified atom stereocenters. The molecular weight excluding hydrogens is 306 g/mol. The fourth-order valence-corrected chi connectivity index (χ4v) is 2.93. The Morgan fingerprint density at radius 2 is 1.96 bits per heavy atom. The quantitative estimate of drug-likeness (QED) is 0.862. The molecule has 2 aliphatic heterocycles. The van der Waals surface area contributed by atoms with E-state index < -0.39 is 18.5 Å². The van der Waals surface area contributed by atoms with Crippen molar-refractivity contribution in [3.05, 3.63) is 24.5 Å². The number of nitrogens with one attached hydrogen (secondary N) is 2. The molecule has 3 rings (SSSR count). The summed E-state index contributed by atoms with van der Waals surface area (Å²) in [4.78, 5) is 18.0. The molecule has 0 aliphatic carbocycles. The Morgan fingerprint density at radius 3 is 2.57 bits per heavy atom. The van der Waals surface area contributed by atoms with E-state index in [9.17, 15) is 13.6 Å². The maximum absolute atomic E-state index is 12.6. The first kappa shape index (κ1) is 16.1. The van der Waals surface area contributed by atoms with Crippen LogP contribution in [0.3, 0.4) is 0 Å². The molecule has 0 saturated carbocycles. The SMILES string of the molecule is O=C(C1CC(C(F)F)NN1)N1CCC(Oc2ccncc2)CC1. The number of halogens is 2. The summed E-state index contributed by atoms with van der Waals surface area (Å²) < 4.78 is 31.1. The molecule has 126 valence electrons. The molecule has 2 fully saturated rings. The van der Waals surface area contributed by atoms with Gasteiger partial charge in [-0.05, 0) is 18.6 Å². The van der Waals surface area contributed by atoms with Gasteiger partial charge in [0.15, 0.2) is 0 Å². The number of hydrogen-bond donors (Lipinski definition) is 2. The Kier molecular flexibility index (Phi) is 5.02. The Bertz CT molecular complexity index is 523. The Morgan fingerprint density at radius 1 is 1.26 bits per heavy atom. The molecule has 6 nitrogen and oxygen atoms in total. The second-order valence-corrected chi connectivity index (χ2v) is 5.84. The Balaban J connectivity index is 1.46. The van der Waals surface area contributed by atoms with Crippen LogP contribution in [0.2, 0.25) is 0 Å². The summed E-state index contributed by atoms with van der Waals surface area (Å²) in [6, 6.07) is 2.06. The molecule has 0 aromatic carbocycles. The van der Waals surface area contributed by atoms with Crippen molar-refractivity contribution in [3.63, 3.8) is 0 Å². The van der Waals surface area contributed by atoms with Crippen molar-refractivity contribution in [1.82, 2.24) is 20.7 Å². The van der Waals surface area contributed by atoms with Gasteiger partial charge in [0, 0.05) is 38.3 Å². The molecule has 0 radical (unpaired) electrons. The lowest BCUT2D eigenvalue weighted by Crippen LogP contribution is -2.49. The van der Waals surface area contributed by atoms with Crippen LogP contribution in [-0.4, -0.2) is 53.5 Å². The zero-order valence-corrected chi connectivity index (χ0v) is 12.6. The van der Waals surface area contributed by atoms with Gasteiger partial charge in [-0.3, -0.25) is 9.78 Å². The van der Waals surface area contributed by atoms with Gasteiger partial charge in [0.2, 0.25) is 5.91 Å². The number of carbonyl (C=O) groups excluding carboxylic acids is 1. The minimum Gasteiger partial charge on any atom is -0.490 e. The zero-order chi connectivity index (χ0) is 16.2. The summed E-state index contributed by atoms with van der Waals surface area (Å²) in [5, 5.41) is 0. The highest BCUT2D eigenvalue weighted by Gasteiger charge is 2.37. The number of piperidine rings is 1. The van der Waals surface area contributed by atoms with Crippen LogP contribution in [0.5, 0.6) is 5.75 Å². The molecular formula is C15H20F2N4O2. The third kappa shape index (κ3) is 3.94. The van der Waals surface area contributed by atoms with E-state index in [0.29, 0.717) is 13.1 Å². The minimum atomic E-state index is -2.47. The second-order valence-electron chi connectivity index (χ2n) is 5.84. The van der Waals surface area contributed by atoms with E-state index in [2.05, 4.69) is 15.8 Å². The predicted octanol–water partition coefficient (Wildman–Crippen LogP) is 0.952. The molecule has 1 amide bonds. The maximum atomic E-state index is 12.6. The van der Waals surface area contributed by atoms with Crippen LogP contribution in [-0.2, 0) is 4.79 Å². The molecule has 0 spiro atoms. The van der Waals surface area contributed by atoms with E-state index in [1.807, 2.05) is 0 Å². The summed E-state index contributed by atoms with van der Waals surface area (Å²) in [5.41, 5.74) is 5.17. The van der Waals surface area contributed by atoms with Crippen LogP contribution in [0.1, 0.15) is 19.3 Å². The van der Waals surface area contributed by atoms with E-state index >= 15 is 0 Å². The first-order valence-electron chi connectivity index (χ1n) is 7.78. The van der Waals surface area contributed by atoms with Crippen molar-refractivity contribution < 1.29 is 18.3 Å². The van der Waals surface area contributed by atoms with Gasteiger partial charge in [-0.15, -0.1) is 0 Å². The number of aromatic nitrogens is 1. The highest BCUT2D eigenvalue weighted by atomic mass is 19.3. The molecule has 1 aromatic heterocycles. The van der Waals surface area contributed by atoms with Crippen LogP contribution in [0.15, 0.2) is 24.5 Å². The van der Waals surface area contributed by atoms with Gasteiger partial charge in [-0.25, -0.2) is 19.6 Å². The van der Waals surface area contributed by atoms with Crippen molar-refractivity contribution in [2.45, 2.75) is 43.9 Å². The fourth-order valence-electron chi connectivity index (χ4n) is 2.93. The van der Waals surface area contributed by atoms with Crippen LogP contribution in [0.25, 0.3) is 0 Å². The molecule has 8 heteroatoms. The number of hydrazine groups is 1. The first-order valence-corrected chi connectivity index (χ1v) is 7.78. The summed E-state index contributed by atoms with van der Waals surface area (Å²) in [7, 11) is 0. The third-order valence-corrected chi connectivity index (χ3v) is 4.24. The van der Waals surface area contributed by atoms with E-state index in [4.69, 9.17) is 4.74 Å². The number of nitrogens with zero attached hydrogens (tertiary/aromatic N) is 2. The lowest BCUT2D eigenvalue weighted by atomic mass is 10.0. The van der Waals surface area contributed by atoms with Crippen molar-refractivity contribution in [2.75, 3.05) is 13.1 Å². The highest BCUT2D eigenvalue weighted by Crippen LogP contribution is 2.20. The number of pyridine rings is 1. The number of ether oxygens (including phenoxy) is 1. The summed E-state index contributed by atoms with van der Waals surface area (Å²) in [6.45, 7) is 1.15. The van der Waals surface area contributed by atoms with Crippen LogP contribution in [0.4, 0.5) is 8.78 Å². The van der Waals surface area contributed by atoms with Gasteiger partial charge in [0.1, 0.15) is 17.9 Å². The Hall–Kier alpha value is -1.80. The number of hydrogen-bond acceptors (Lipinski definition) is 5. The van der Waals surface area contributed by atoms with Gasteiger partial charge in [0.05, 0.1) is 6.04 Å².